The Morgan fingerprint density at radius 3 is 2.09 bits per heavy atom. The first-order chi connectivity index (χ1) is 15.2. The highest BCUT2D eigenvalue weighted by Gasteiger charge is 2.46. The summed E-state index contributed by atoms with van der Waals surface area (Å²) in [5, 5.41) is 40.2. The number of aromatic hydroxyl groups is 1. The summed E-state index contributed by atoms with van der Waals surface area (Å²) in [6.45, 7) is 2.57. The number of nitrogens with zero attached hydrogens (tertiary/aromatic N) is 4. The van der Waals surface area contributed by atoms with Gasteiger partial charge in [0.1, 0.15) is 0 Å². The Hall–Kier alpha value is -3.60. The molecule has 2 fully saturated rings. The Morgan fingerprint density at radius 2 is 1.56 bits per heavy atom. The lowest BCUT2D eigenvalue weighted by Gasteiger charge is -2.43. The van der Waals surface area contributed by atoms with Gasteiger partial charge in [-0.2, -0.15) is 0 Å². The van der Waals surface area contributed by atoms with Gasteiger partial charge in [-0.25, -0.2) is 0 Å². The first-order valence-corrected chi connectivity index (χ1v) is 10.2. The highest BCUT2D eigenvalue weighted by Crippen LogP contribution is 2.50. The fraction of sp³-hybridized carbons (Fsp3) is 0.429. The van der Waals surface area contributed by atoms with Crippen molar-refractivity contribution in [3.8, 4) is 5.75 Å². The topological polar surface area (TPSA) is 153 Å². The zero-order chi connectivity index (χ0) is 23.5. The molecule has 1 saturated heterocycles. The van der Waals surface area contributed by atoms with E-state index in [0.717, 1.165) is 5.92 Å². The number of non-ortho nitro benzene ring substituents is 1. The Kier molecular flexibility index (Phi) is 6.68. The maximum absolute atomic E-state index is 10.4. The molecule has 2 unspecified atom stereocenters. The number of rotatable bonds is 4. The maximum atomic E-state index is 10.4. The summed E-state index contributed by atoms with van der Waals surface area (Å²) in [4.78, 5) is 30.3. The van der Waals surface area contributed by atoms with E-state index >= 15 is 0 Å². The van der Waals surface area contributed by atoms with E-state index in [9.17, 15) is 30.3 Å². The Bertz CT molecular complexity index is 995. The van der Waals surface area contributed by atoms with Crippen LogP contribution in [-0.2, 0) is 5.41 Å². The average Bonchev–Trinajstić information content (AvgIpc) is 3.18. The molecule has 1 heterocycles. The Labute approximate surface area is 183 Å². The number of nitro benzene ring substituents is 3. The highest BCUT2D eigenvalue weighted by molar-refractivity contribution is 5.64. The predicted octanol–water partition coefficient (Wildman–Crippen LogP) is 4.18. The third kappa shape index (κ3) is 4.52. The fourth-order valence-electron chi connectivity index (χ4n) is 4.87. The van der Waals surface area contributed by atoms with Gasteiger partial charge in [-0.1, -0.05) is 36.8 Å². The molecule has 0 spiro atoms. The number of hydrogen-bond donors (Lipinski definition) is 1. The third-order valence-corrected chi connectivity index (χ3v) is 6.44. The third-order valence-electron chi connectivity index (χ3n) is 6.44. The molecule has 1 aliphatic carbocycles. The van der Waals surface area contributed by atoms with Crippen molar-refractivity contribution in [3.05, 3.63) is 78.4 Å². The number of hydrogen-bond acceptors (Lipinski definition) is 8. The summed E-state index contributed by atoms with van der Waals surface area (Å²) >= 11 is 0. The zero-order valence-corrected chi connectivity index (χ0v) is 17.5. The second-order valence-electron chi connectivity index (χ2n) is 8.23. The van der Waals surface area contributed by atoms with E-state index in [0.29, 0.717) is 17.5 Å². The van der Waals surface area contributed by atoms with Gasteiger partial charge < -0.3 is 10.0 Å². The van der Waals surface area contributed by atoms with Crippen molar-refractivity contribution in [2.75, 3.05) is 20.1 Å². The van der Waals surface area contributed by atoms with Crippen molar-refractivity contribution in [2.24, 2.45) is 5.92 Å². The highest BCUT2D eigenvalue weighted by atomic mass is 16.6. The van der Waals surface area contributed by atoms with E-state index in [2.05, 4.69) is 42.3 Å². The van der Waals surface area contributed by atoms with Crippen LogP contribution in [-0.4, -0.2) is 44.9 Å². The van der Waals surface area contributed by atoms with Crippen LogP contribution in [0.5, 0.6) is 5.75 Å². The molecule has 2 aromatic carbocycles. The predicted molar refractivity (Wildman–Crippen MR) is 116 cm³/mol. The first kappa shape index (κ1) is 23.1. The summed E-state index contributed by atoms with van der Waals surface area (Å²) in [5.74, 6) is -0.311. The van der Waals surface area contributed by atoms with E-state index in [1.165, 1.54) is 38.8 Å². The van der Waals surface area contributed by atoms with Crippen molar-refractivity contribution in [2.45, 2.75) is 31.1 Å². The molecule has 2 aromatic rings. The standard InChI is InChI=1S/C15H21N.C6H3N3O7/c1-16-11-10-15(9-5-8-14(15)12-16)13-6-3-2-4-7-13;10-6-4(8(13)14)1-3(7(11)12)2-5(6)9(15)16/h2-4,6-7,14H,5,8-12H2,1H3;1-2,10H. The largest absolute Gasteiger partial charge is 0.497 e. The van der Waals surface area contributed by atoms with E-state index in [-0.39, 0.29) is 0 Å². The molecular weight excluding hydrogens is 420 g/mol. The van der Waals surface area contributed by atoms with Crippen molar-refractivity contribution in [1.29, 1.82) is 0 Å². The maximum Gasteiger partial charge on any atom is 0.324 e. The molecule has 170 valence electrons. The second-order valence-corrected chi connectivity index (χ2v) is 8.23. The lowest BCUT2D eigenvalue weighted by atomic mass is 9.68. The van der Waals surface area contributed by atoms with Gasteiger partial charge in [-0.3, -0.25) is 30.3 Å². The Balaban J connectivity index is 0.000000181. The van der Waals surface area contributed by atoms with Crippen LogP contribution >= 0.6 is 0 Å². The molecule has 4 rings (SSSR count). The van der Waals surface area contributed by atoms with Gasteiger partial charge in [0.15, 0.2) is 0 Å². The molecule has 11 heteroatoms. The number of nitro groups is 3. The number of piperidine rings is 1. The van der Waals surface area contributed by atoms with Crippen molar-refractivity contribution in [3.63, 3.8) is 0 Å². The number of phenolic OH excluding ortho intramolecular Hbond substituents is 1. The summed E-state index contributed by atoms with van der Waals surface area (Å²) in [6, 6.07) is 12.1. The van der Waals surface area contributed by atoms with Crippen LogP contribution in [0.2, 0.25) is 0 Å². The molecule has 1 N–H and O–H groups in total. The van der Waals surface area contributed by atoms with Gasteiger partial charge in [-0.05, 0) is 44.3 Å². The number of phenols is 1. The molecule has 1 aliphatic heterocycles. The van der Waals surface area contributed by atoms with Gasteiger partial charge in [0.2, 0.25) is 0 Å². The van der Waals surface area contributed by atoms with Gasteiger partial charge in [0, 0.05) is 12.0 Å². The number of fused-ring (bicyclic) bond motifs is 1. The van der Waals surface area contributed by atoms with Crippen LogP contribution in [0.25, 0.3) is 0 Å². The van der Waals surface area contributed by atoms with Crippen LogP contribution in [0.15, 0.2) is 42.5 Å². The molecule has 0 bridgehead atoms. The van der Waals surface area contributed by atoms with Gasteiger partial charge >= 0.3 is 11.4 Å². The molecule has 32 heavy (non-hydrogen) atoms. The molecule has 0 amide bonds. The summed E-state index contributed by atoms with van der Waals surface area (Å²) in [5.41, 5.74) is -0.878. The minimum absolute atomic E-state index is 0.447. The van der Waals surface area contributed by atoms with Gasteiger partial charge in [0.25, 0.3) is 11.4 Å². The molecule has 0 radical (unpaired) electrons. The van der Waals surface area contributed by atoms with E-state index in [1.54, 1.807) is 5.56 Å². The lowest BCUT2D eigenvalue weighted by Crippen LogP contribution is -2.45. The first-order valence-electron chi connectivity index (χ1n) is 10.2. The molecule has 1 saturated carbocycles. The molecule has 2 aliphatic rings. The van der Waals surface area contributed by atoms with Gasteiger partial charge in [0.05, 0.1) is 26.9 Å². The number of benzene rings is 2. The van der Waals surface area contributed by atoms with Crippen LogP contribution in [0.4, 0.5) is 17.1 Å². The SMILES string of the molecule is CN1CCC2(c3ccccc3)CCCC2C1.O=[N+]([O-])c1cc([N+](=O)[O-])c(O)c([N+](=O)[O-])c1. The van der Waals surface area contributed by atoms with E-state index < -0.39 is 37.6 Å². The summed E-state index contributed by atoms with van der Waals surface area (Å²) in [6.07, 6.45) is 5.63. The molecular formula is C21H24N4O7. The second kappa shape index (κ2) is 9.27. The summed E-state index contributed by atoms with van der Waals surface area (Å²) in [7, 11) is 2.27. The minimum atomic E-state index is -1.21. The van der Waals surface area contributed by atoms with Crippen LogP contribution in [0, 0.1) is 36.3 Å². The van der Waals surface area contributed by atoms with E-state index in [4.69, 9.17) is 5.11 Å². The Morgan fingerprint density at radius 1 is 0.969 bits per heavy atom. The van der Waals surface area contributed by atoms with Crippen molar-refractivity contribution < 1.29 is 19.9 Å². The van der Waals surface area contributed by atoms with Crippen molar-refractivity contribution >= 4 is 17.1 Å². The quantitative estimate of drug-likeness (QED) is 0.544. The van der Waals surface area contributed by atoms with E-state index in [1.807, 2.05) is 0 Å². The van der Waals surface area contributed by atoms with Crippen LogP contribution in [0.3, 0.4) is 0 Å². The average molecular weight is 444 g/mol. The normalized spacial score (nSPS) is 22.3. The monoisotopic (exact) mass is 444 g/mol. The zero-order valence-electron chi connectivity index (χ0n) is 17.5. The van der Waals surface area contributed by atoms with Crippen molar-refractivity contribution in [1.82, 2.24) is 4.90 Å². The molecule has 0 aromatic heterocycles. The summed E-state index contributed by atoms with van der Waals surface area (Å²) < 4.78 is 0. The van der Waals surface area contributed by atoms with Crippen LogP contribution in [0.1, 0.15) is 31.2 Å². The van der Waals surface area contributed by atoms with Gasteiger partial charge in [-0.15, -0.1) is 0 Å². The number of likely N-dealkylation sites (tertiary alicyclic amines) is 1. The molecule has 11 nitrogen and oxygen atoms in total. The lowest BCUT2D eigenvalue weighted by molar-refractivity contribution is -0.404. The minimum Gasteiger partial charge on any atom is -0.497 e. The fourth-order valence-corrected chi connectivity index (χ4v) is 4.87. The smallest absolute Gasteiger partial charge is 0.324 e. The molecule has 2 atom stereocenters. The van der Waals surface area contributed by atoms with Crippen LogP contribution < -0.4 is 0 Å².